The Bertz CT molecular complexity index is 621. The molecule has 0 radical (unpaired) electrons. The minimum atomic E-state index is -0.789. The summed E-state index contributed by atoms with van der Waals surface area (Å²) < 4.78 is 9.20. The van der Waals surface area contributed by atoms with Crippen molar-refractivity contribution in [2.45, 2.75) is 6.42 Å². The number of imide groups is 1. The van der Waals surface area contributed by atoms with Crippen molar-refractivity contribution in [2.24, 2.45) is 0 Å². The fourth-order valence-electron chi connectivity index (χ4n) is 2.06. The summed E-state index contributed by atoms with van der Waals surface area (Å²) in [5.74, 6) is 0. The average molecular weight is 299 g/mol. The van der Waals surface area contributed by atoms with E-state index in [9.17, 15) is 9.59 Å². The summed E-state index contributed by atoms with van der Waals surface area (Å²) in [6.45, 7) is 0. The zero-order valence-electron chi connectivity index (χ0n) is 12.5. The maximum Gasteiger partial charge on any atom is 0.423 e. The summed E-state index contributed by atoms with van der Waals surface area (Å²) in [6, 6.07) is 17.1. The van der Waals surface area contributed by atoms with Crippen LogP contribution in [0.25, 0.3) is 0 Å². The average Bonchev–Trinajstić information content (AvgIpc) is 2.57. The number of anilines is 1. The number of hydrogen-bond acceptors (Lipinski definition) is 4. The van der Waals surface area contributed by atoms with Crippen LogP contribution in [0.2, 0.25) is 0 Å². The summed E-state index contributed by atoms with van der Waals surface area (Å²) in [5, 5.41) is 0. The van der Waals surface area contributed by atoms with Gasteiger partial charge in [0, 0.05) is 0 Å². The first kappa shape index (κ1) is 15.6. The van der Waals surface area contributed by atoms with Gasteiger partial charge in [0.05, 0.1) is 19.9 Å². The molecule has 5 heteroatoms. The highest BCUT2D eigenvalue weighted by Crippen LogP contribution is 2.19. The molecular weight excluding hydrogens is 282 g/mol. The third-order valence-electron chi connectivity index (χ3n) is 3.16. The van der Waals surface area contributed by atoms with Crippen molar-refractivity contribution >= 4 is 17.9 Å². The van der Waals surface area contributed by atoms with E-state index in [-0.39, 0.29) is 0 Å². The van der Waals surface area contributed by atoms with Gasteiger partial charge in [-0.15, -0.1) is 0 Å². The normalized spacial score (nSPS) is 9.91. The van der Waals surface area contributed by atoms with Gasteiger partial charge in [0.15, 0.2) is 0 Å². The van der Waals surface area contributed by atoms with Gasteiger partial charge in [0.2, 0.25) is 0 Å². The van der Waals surface area contributed by atoms with Crippen molar-refractivity contribution in [1.82, 2.24) is 0 Å². The van der Waals surface area contributed by atoms with Crippen LogP contribution in [0.3, 0.4) is 0 Å². The number of rotatable bonds is 3. The number of nitrogens with zero attached hydrogens (tertiary/aromatic N) is 1. The van der Waals surface area contributed by atoms with Crippen LogP contribution in [0.15, 0.2) is 54.6 Å². The minimum Gasteiger partial charge on any atom is -0.452 e. The summed E-state index contributed by atoms with van der Waals surface area (Å²) in [7, 11) is 2.42. The Morgan fingerprint density at radius 3 is 1.82 bits per heavy atom. The van der Waals surface area contributed by atoms with Gasteiger partial charge in [-0.3, -0.25) is 0 Å². The second-order valence-electron chi connectivity index (χ2n) is 4.60. The molecule has 22 heavy (non-hydrogen) atoms. The number of methoxy groups -OCH3 is 2. The monoisotopic (exact) mass is 299 g/mol. The Kier molecular flexibility index (Phi) is 5.14. The lowest BCUT2D eigenvalue weighted by atomic mass is 10.0. The van der Waals surface area contributed by atoms with E-state index in [2.05, 4.69) is 9.47 Å². The number of carbonyl (C=O) groups excluding carboxylic acids is 2. The first-order chi connectivity index (χ1) is 10.7. The summed E-state index contributed by atoms with van der Waals surface area (Å²) in [5.41, 5.74) is 2.66. The number of carbonyl (C=O) groups is 2. The van der Waals surface area contributed by atoms with E-state index in [0.29, 0.717) is 5.69 Å². The lowest BCUT2D eigenvalue weighted by molar-refractivity contribution is 0.159. The standard InChI is InChI=1S/C17H17NO4/c1-21-16(19)18(17(20)22-2)15-10-8-14(9-11-15)12-13-6-4-3-5-7-13/h3-11H,12H2,1-2H3. The molecule has 0 fully saturated rings. The summed E-state index contributed by atoms with van der Waals surface area (Å²) in [4.78, 5) is 24.2. The summed E-state index contributed by atoms with van der Waals surface area (Å²) in [6.07, 6.45) is -0.803. The molecule has 114 valence electrons. The number of benzene rings is 2. The third kappa shape index (κ3) is 3.63. The third-order valence-corrected chi connectivity index (χ3v) is 3.16. The van der Waals surface area contributed by atoms with Gasteiger partial charge in [0.25, 0.3) is 0 Å². The second-order valence-corrected chi connectivity index (χ2v) is 4.60. The molecule has 0 aromatic heterocycles. The Hall–Kier alpha value is -2.82. The first-order valence-corrected chi connectivity index (χ1v) is 6.74. The highest BCUT2D eigenvalue weighted by Gasteiger charge is 2.24. The smallest absolute Gasteiger partial charge is 0.423 e. The van der Waals surface area contributed by atoms with Crippen molar-refractivity contribution in [1.29, 1.82) is 0 Å². The molecule has 0 saturated heterocycles. The molecule has 0 aliphatic rings. The van der Waals surface area contributed by atoms with Crippen LogP contribution in [0.4, 0.5) is 15.3 Å². The molecule has 2 aromatic carbocycles. The van der Waals surface area contributed by atoms with Crippen molar-refractivity contribution in [3.05, 3.63) is 65.7 Å². The van der Waals surface area contributed by atoms with Gasteiger partial charge >= 0.3 is 12.2 Å². The second kappa shape index (κ2) is 7.26. The fourth-order valence-corrected chi connectivity index (χ4v) is 2.06. The van der Waals surface area contributed by atoms with Crippen LogP contribution >= 0.6 is 0 Å². The van der Waals surface area contributed by atoms with Crippen molar-refractivity contribution in [3.8, 4) is 0 Å². The molecule has 0 saturated carbocycles. The predicted molar refractivity (Wildman–Crippen MR) is 83.0 cm³/mol. The fraction of sp³-hybridized carbons (Fsp3) is 0.176. The van der Waals surface area contributed by atoms with Gasteiger partial charge in [-0.1, -0.05) is 42.5 Å². The van der Waals surface area contributed by atoms with Crippen LogP contribution in [0.1, 0.15) is 11.1 Å². The molecule has 0 aliphatic heterocycles. The van der Waals surface area contributed by atoms with Crippen molar-refractivity contribution in [2.75, 3.05) is 19.1 Å². The van der Waals surface area contributed by atoms with E-state index in [1.54, 1.807) is 12.1 Å². The lowest BCUT2D eigenvalue weighted by Crippen LogP contribution is -2.36. The quantitative estimate of drug-likeness (QED) is 0.868. The largest absolute Gasteiger partial charge is 0.452 e. The van der Waals surface area contributed by atoms with Gasteiger partial charge in [-0.2, -0.15) is 4.90 Å². The molecule has 0 N–H and O–H groups in total. The van der Waals surface area contributed by atoms with Crippen LogP contribution in [-0.4, -0.2) is 26.4 Å². The van der Waals surface area contributed by atoms with Crippen LogP contribution in [0.5, 0.6) is 0 Å². The molecule has 0 atom stereocenters. The van der Waals surface area contributed by atoms with Gasteiger partial charge in [0.1, 0.15) is 0 Å². The molecule has 0 heterocycles. The highest BCUT2D eigenvalue weighted by molar-refractivity contribution is 6.09. The SMILES string of the molecule is COC(=O)N(C(=O)OC)c1ccc(Cc2ccccc2)cc1. The zero-order valence-corrected chi connectivity index (χ0v) is 12.5. The van der Waals surface area contributed by atoms with Crippen molar-refractivity contribution < 1.29 is 19.1 Å². The molecule has 0 bridgehead atoms. The minimum absolute atomic E-state index is 0.399. The summed E-state index contributed by atoms with van der Waals surface area (Å²) >= 11 is 0. The van der Waals surface area contributed by atoms with E-state index < -0.39 is 12.2 Å². The number of hydrogen-bond donors (Lipinski definition) is 0. The number of amides is 2. The Labute approximate surface area is 129 Å². The molecule has 0 aliphatic carbocycles. The van der Waals surface area contributed by atoms with Crippen molar-refractivity contribution in [3.63, 3.8) is 0 Å². The Balaban J connectivity index is 2.19. The molecule has 2 aromatic rings. The molecule has 0 unspecified atom stereocenters. The lowest BCUT2D eigenvalue weighted by Gasteiger charge is -2.18. The molecule has 2 amide bonds. The molecule has 0 spiro atoms. The zero-order chi connectivity index (χ0) is 15.9. The maximum atomic E-state index is 11.7. The Morgan fingerprint density at radius 1 is 0.818 bits per heavy atom. The van der Waals surface area contributed by atoms with Crippen LogP contribution < -0.4 is 4.90 Å². The molecule has 2 rings (SSSR count). The van der Waals surface area contributed by atoms with Crippen LogP contribution in [0, 0.1) is 0 Å². The van der Waals surface area contributed by atoms with E-state index in [1.807, 2.05) is 42.5 Å². The van der Waals surface area contributed by atoms with Gasteiger partial charge in [-0.25, -0.2) is 9.59 Å². The number of ether oxygens (including phenoxy) is 2. The van der Waals surface area contributed by atoms with Gasteiger partial charge in [-0.05, 0) is 29.7 Å². The first-order valence-electron chi connectivity index (χ1n) is 6.74. The van der Waals surface area contributed by atoms with Crippen LogP contribution in [-0.2, 0) is 15.9 Å². The Morgan fingerprint density at radius 2 is 1.32 bits per heavy atom. The maximum absolute atomic E-state index is 11.7. The molecular formula is C17H17NO4. The predicted octanol–water partition coefficient (Wildman–Crippen LogP) is 3.62. The van der Waals surface area contributed by atoms with Gasteiger partial charge < -0.3 is 9.47 Å². The topological polar surface area (TPSA) is 55.8 Å². The van der Waals surface area contributed by atoms with E-state index in [4.69, 9.17) is 0 Å². The van der Waals surface area contributed by atoms with E-state index in [1.165, 1.54) is 19.8 Å². The van der Waals surface area contributed by atoms with E-state index >= 15 is 0 Å². The van der Waals surface area contributed by atoms with E-state index in [0.717, 1.165) is 16.9 Å². The molecule has 5 nitrogen and oxygen atoms in total. The highest BCUT2D eigenvalue weighted by atomic mass is 16.6.